The largest absolute Gasteiger partial charge is 0.462 e. The maximum atomic E-state index is 11.5. The van der Waals surface area contributed by atoms with Gasteiger partial charge in [-0.05, 0) is 13.3 Å². The third-order valence-electron chi connectivity index (χ3n) is 2.25. The third-order valence-corrected chi connectivity index (χ3v) is 2.25. The maximum absolute atomic E-state index is 11.5. The smallest absolute Gasteiger partial charge is 0.343 e. The number of ether oxygens (including phenoxy) is 1. The summed E-state index contributed by atoms with van der Waals surface area (Å²) in [6, 6.07) is 0. The number of H-pyrrole nitrogens is 1. The second-order valence-corrected chi connectivity index (χ2v) is 3.78. The molecule has 7 nitrogen and oxygen atoms in total. The van der Waals surface area contributed by atoms with E-state index in [0.717, 1.165) is 19.4 Å². The summed E-state index contributed by atoms with van der Waals surface area (Å²) < 4.78 is 4.88. The zero-order valence-corrected chi connectivity index (χ0v) is 11.0. The first-order chi connectivity index (χ1) is 8.69. The van der Waals surface area contributed by atoms with Crippen molar-refractivity contribution < 1.29 is 9.53 Å². The number of nitrogens with one attached hydrogen (secondary N) is 1. The number of unbranched alkanes of at least 4 members (excludes halogenated alkanes) is 1. The van der Waals surface area contributed by atoms with Gasteiger partial charge in [0.1, 0.15) is 5.56 Å². The Morgan fingerprint density at radius 3 is 3.00 bits per heavy atom. The summed E-state index contributed by atoms with van der Waals surface area (Å²) >= 11 is 0. The molecule has 0 aliphatic rings. The van der Waals surface area contributed by atoms with Crippen LogP contribution in [0.1, 0.15) is 37.0 Å². The first kappa shape index (κ1) is 14.1. The van der Waals surface area contributed by atoms with E-state index in [1.54, 1.807) is 11.9 Å². The van der Waals surface area contributed by atoms with Crippen LogP contribution in [0.5, 0.6) is 0 Å². The van der Waals surface area contributed by atoms with Gasteiger partial charge in [-0.1, -0.05) is 18.6 Å². The summed E-state index contributed by atoms with van der Waals surface area (Å²) in [6.07, 6.45) is 3.53. The number of aromatic nitrogens is 2. The Morgan fingerprint density at radius 1 is 1.56 bits per heavy atom. The minimum absolute atomic E-state index is 0.296. The average Bonchev–Trinajstić information content (AvgIpc) is 2.82. The molecule has 1 heterocycles. The van der Waals surface area contributed by atoms with Crippen LogP contribution in [-0.2, 0) is 4.74 Å². The molecule has 0 radical (unpaired) electrons. The van der Waals surface area contributed by atoms with Gasteiger partial charge in [-0.25, -0.2) is 4.79 Å². The van der Waals surface area contributed by atoms with E-state index in [-0.39, 0.29) is 0 Å². The highest BCUT2D eigenvalue weighted by molar-refractivity contribution is 5.93. The highest BCUT2D eigenvalue weighted by atomic mass is 16.5. The first-order valence-electron chi connectivity index (χ1n) is 6.02. The fourth-order valence-electron chi connectivity index (χ4n) is 1.27. The number of rotatable bonds is 7. The molecule has 0 fully saturated rings. The van der Waals surface area contributed by atoms with Crippen LogP contribution in [0, 0.1) is 0 Å². The molecule has 7 heteroatoms. The van der Waals surface area contributed by atoms with Crippen LogP contribution in [0.25, 0.3) is 0 Å². The molecule has 1 rings (SSSR count). The van der Waals surface area contributed by atoms with Crippen molar-refractivity contribution >= 4 is 11.8 Å². The van der Waals surface area contributed by atoms with Gasteiger partial charge in [-0.2, -0.15) is 5.10 Å². The van der Waals surface area contributed by atoms with Gasteiger partial charge < -0.3 is 4.74 Å². The van der Waals surface area contributed by atoms with Crippen molar-refractivity contribution in [2.45, 2.75) is 26.7 Å². The van der Waals surface area contributed by atoms with E-state index >= 15 is 0 Å². The zero-order valence-electron chi connectivity index (χ0n) is 11.0. The lowest BCUT2D eigenvalue weighted by Crippen LogP contribution is -2.11. The van der Waals surface area contributed by atoms with Crippen molar-refractivity contribution in [2.75, 3.05) is 20.2 Å². The van der Waals surface area contributed by atoms with Crippen molar-refractivity contribution in [1.82, 2.24) is 15.2 Å². The molecule has 0 unspecified atom stereocenters. The average molecular weight is 253 g/mol. The molecule has 1 aromatic heterocycles. The van der Waals surface area contributed by atoms with Gasteiger partial charge in [-0.15, -0.1) is 5.11 Å². The second kappa shape index (κ2) is 7.41. The minimum atomic E-state index is -0.448. The Hall–Kier alpha value is -1.92. The predicted octanol–water partition coefficient (Wildman–Crippen LogP) is 2.32. The number of aromatic amines is 1. The molecule has 0 bridgehead atoms. The monoisotopic (exact) mass is 253 g/mol. The first-order valence-corrected chi connectivity index (χ1v) is 6.02. The lowest BCUT2D eigenvalue weighted by Gasteiger charge is -2.09. The third kappa shape index (κ3) is 4.15. The Morgan fingerprint density at radius 2 is 2.33 bits per heavy atom. The van der Waals surface area contributed by atoms with E-state index < -0.39 is 5.97 Å². The van der Waals surface area contributed by atoms with Crippen LogP contribution >= 0.6 is 0 Å². The molecule has 1 N–H and O–H groups in total. The summed E-state index contributed by atoms with van der Waals surface area (Å²) in [6.45, 7) is 5.00. The molecular formula is C11H19N5O2. The fraction of sp³-hybridized carbons (Fsp3) is 0.636. The molecule has 0 atom stereocenters. The molecule has 0 saturated heterocycles. The van der Waals surface area contributed by atoms with Crippen LogP contribution in [0.15, 0.2) is 16.5 Å². The molecule has 1 aromatic rings. The normalized spacial score (nSPS) is 10.8. The molecule has 0 saturated carbocycles. The SMILES string of the molecule is CCCCN(C)/N=N/c1[nH]ncc1C(=O)OCC. The molecule has 0 aliphatic carbocycles. The van der Waals surface area contributed by atoms with Gasteiger partial charge in [0.25, 0.3) is 0 Å². The summed E-state index contributed by atoms with van der Waals surface area (Å²) in [4.78, 5) is 11.5. The Kier molecular flexibility index (Phi) is 5.83. The molecule has 18 heavy (non-hydrogen) atoms. The summed E-state index contributed by atoms with van der Waals surface area (Å²) in [5.74, 6) is -0.131. The zero-order chi connectivity index (χ0) is 13.4. The lowest BCUT2D eigenvalue weighted by molar-refractivity contribution is 0.0527. The molecular weight excluding hydrogens is 234 g/mol. The minimum Gasteiger partial charge on any atom is -0.462 e. The van der Waals surface area contributed by atoms with E-state index in [0.29, 0.717) is 18.0 Å². The maximum Gasteiger partial charge on any atom is 0.343 e. The van der Waals surface area contributed by atoms with Crippen LogP contribution < -0.4 is 0 Å². The lowest BCUT2D eigenvalue weighted by atomic mass is 10.3. The summed E-state index contributed by atoms with van der Waals surface area (Å²) in [5.41, 5.74) is 0.296. The molecule has 0 aliphatic heterocycles. The second-order valence-electron chi connectivity index (χ2n) is 3.78. The Labute approximate surface area is 106 Å². The van der Waals surface area contributed by atoms with Crippen molar-refractivity contribution in [3.63, 3.8) is 0 Å². The summed E-state index contributed by atoms with van der Waals surface area (Å²) in [5, 5.41) is 16.0. The van der Waals surface area contributed by atoms with E-state index in [1.165, 1.54) is 6.20 Å². The number of carbonyl (C=O) groups is 1. The van der Waals surface area contributed by atoms with Crippen molar-refractivity contribution in [3.8, 4) is 0 Å². The molecule has 0 aromatic carbocycles. The molecule has 100 valence electrons. The molecule has 0 amide bonds. The molecule has 0 spiro atoms. The number of hydrogen-bond donors (Lipinski definition) is 1. The van der Waals surface area contributed by atoms with Gasteiger partial charge in [0.05, 0.1) is 12.8 Å². The fourth-order valence-corrected chi connectivity index (χ4v) is 1.27. The van der Waals surface area contributed by atoms with Crippen LogP contribution in [0.2, 0.25) is 0 Å². The van der Waals surface area contributed by atoms with Gasteiger partial charge in [-0.3, -0.25) is 10.1 Å². The highest BCUT2D eigenvalue weighted by Gasteiger charge is 2.14. The van der Waals surface area contributed by atoms with E-state index in [2.05, 4.69) is 27.5 Å². The van der Waals surface area contributed by atoms with Crippen molar-refractivity contribution in [2.24, 2.45) is 10.3 Å². The predicted molar refractivity (Wildman–Crippen MR) is 66.6 cm³/mol. The van der Waals surface area contributed by atoms with Crippen LogP contribution in [0.3, 0.4) is 0 Å². The van der Waals surface area contributed by atoms with E-state index in [1.807, 2.05) is 7.05 Å². The number of carbonyl (C=O) groups excluding carboxylic acids is 1. The number of esters is 1. The van der Waals surface area contributed by atoms with Gasteiger partial charge in [0.2, 0.25) is 0 Å². The quantitative estimate of drug-likeness (QED) is 0.459. The topological polar surface area (TPSA) is 82.9 Å². The standard InChI is InChI=1S/C11H19N5O2/c1-4-6-7-16(3)15-14-10-9(8-12-13-10)11(17)18-5-2/h8H,4-7H2,1-3H3,(H,12,13)/b15-14+. The van der Waals surface area contributed by atoms with E-state index in [4.69, 9.17) is 4.74 Å². The van der Waals surface area contributed by atoms with Gasteiger partial charge in [0.15, 0.2) is 5.82 Å². The number of hydrogen-bond acceptors (Lipinski definition) is 5. The highest BCUT2D eigenvalue weighted by Crippen LogP contribution is 2.16. The van der Waals surface area contributed by atoms with Crippen molar-refractivity contribution in [1.29, 1.82) is 0 Å². The summed E-state index contributed by atoms with van der Waals surface area (Å²) in [7, 11) is 1.83. The Balaban J connectivity index is 2.64. The van der Waals surface area contributed by atoms with E-state index in [9.17, 15) is 4.79 Å². The number of nitrogens with zero attached hydrogens (tertiary/aromatic N) is 4. The van der Waals surface area contributed by atoms with Gasteiger partial charge in [0, 0.05) is 13.6 Å². The van der Waals surface area contributed by atoms with Gasteiger partial charge >= 0.3 is 5.97 Å². The Bertz CT molecular complexity index is 402. The van der Waals surface area contributed by atoms with Crippen LogP contribution in [-0.4, -0.2) is 41.4 Å². The van der Waals surface area contributed by atoms with Crippen molar-refractivity contribution in [3.05, 3.63) is 11.8 Å². The van der Waals surface area contributed by atoms with Crippen LogP contribution in [0.4, 0.5) is 5.82 Å².